The Kier molecular flexibility index (Phi) is 4.94. The van der Waals surface area contributed by atoms with E-state index in [4.69, 9.17) is 10.6 Å². The lowest BCUT2D eigenvalue weighted by Crippen LogP contribution is -2.44. The average molecular weight is 256 g/mol. The lowest BCUT2D eigenvalue weighted by molar-refractivity contribution is -0.132. The van der Waals surface area contributed by atoms with Crippen LogP contribution in [0, 0.1) is 0 Å². The largest absolute Gasteiger partial charge is 0.364 e. The van der Waals surface area contributed by atoms with Gasteiger partial charge < -0.3 is 15.0 Å². The third-order valence-corrected chi connectivity index (χ3v) is 3.97. The number of rotatable bonds is 4. The number of carbonyl (C=O) groups excluding carboxylic acids is 1. The fourth-order valence-electron chi connectivity index (χ4n) is 2.84. The molecule has 2 rings (SSSR count). The van der Waals surface area contributed by atoms with Crippen molar-refractivity contribution in [1.29, 1.82) is 0 Å². The molecule has 6 heteroatoms. The monoisotopic (exact) mass is 256 g/mol. The molecule has 104 valence electrons. The molecular weight excluding hydrogens is 232 g/mol. The van der Waals surface area contributed by atoms with Crippen LogP contribution < -0.4 is 16.6 Å². The highest BCUT2D eigenvalue weighted by Crippen LogP contribution is 2.22. The number of nitrogens with one attached hydrogen (secondary N) is 2. The number of amides is 1. The zero-order valence-corrected chi connectivity index (χ0v) is 11.0. The zero-order valence-electron chi connectivity index (χ0n) is 11.0. The Bertz CT molecular complexity index is 281. The van der Waals surface area contributed by atoms with Gasteiger partial charge in [-0.15, -0.1) is 0 Å². The molecule has 1 amide bonds. The molecular formula is C12H24N4O2. The summed E-state index contributed by atoms with van der Waals surface area (Å²) >= 11 is 0. The quantitative estimate of drug-likeness (QED) is 0.349. The van der Waals surface area contributed by atoms with Gasteiger partial charge in [-0.1, -0.05) is 0 Å². The Balaban J connectivity index is 1.74. The number of ether oxygens (including phenoxy) is 1. The van der Waals surface area contributed by atoms with Gasteiger partial charge in [-0.3, -0.25) is 10.2 Å². The van der Waals surface area contributed by atoms with E-state index in [-0.39, 0.29) is 18.1 Å². The van der Waals surface area contributed by atoms with Gasteiger partial charge >= 0.3 is 0 Å². The van der Waals surface area contributed by atoms with E-state index in [1.165, 1.54) is 12.8 Å². The lowest BCUT2D eigenvalue weighted by Gasteiger charge is -2.33. The maximum atomic E-state index is 11.4. The van der Waals surface area contributed by atoms with Crippen LogP contribution in [0.4, 0.5) is 0 Å². The molecule has 2 unspecified atom stereocenters. The second kappa shape index (κ2) is 6.47. The molecule has 2 saturated heterocycles. The standard InChI is InChI=1S/C12H24N4O2/c1-16(9-4-6-14-7-5-9)8-10-2-3-11(18-10)12(17)15-13/h9-11,14H,2-8,13H2,1H3,(H,15,17). The topological polar surface area (TPSA) is 79.6 Å². The number of likely N-dealkylation sites (N-methyl/N-ethyl adjacent to an activating group) is 1. The summed E-state index contributed by atoms with van der Waals surface area (Å²) in [5.41, 5.74) is 2.16. The van der Waals surface area contributed by atoms with Crippen molar-refractivity contribution >= 4 is 5.91 Å². The SMILES string of the molecule is CN(CC1CCC(C(=O)NN)O1)C1CCNCC1. The molecule has 4 N–H and O–H groups in total. The summed E-state index contributed by atoms with van der Waals surface area (Å²) in [5.74, 6) is 4.91. The molecule has 2 aliphatic rings. The summed E-state index contributed by atoms with van der Waals surface area (Å²) < 4.78 is 5.73. The minimum atomic E-state index is -0.360. The first-order valence-corrected chi connectivity index (χ1v) is 6.77. The van der Waals surface area contributed by atoms with Gasteiger partial charge in [0.2, 0.25) is 0 Å². The molecule has 0 aromatic heterocycles. The van der Waals surface area contributed by atoms with Crippen LogP contribution in [0.5, 0.6) is 0 Å². The van der Waals surface area contributed by atoms with Crippen LogP contribution in [0.25, 0.3) is 0 Å². The summed E-state index contributed by atoms with van der Waals surface area (Å²) in [5, 5.41) is 3.37. The van der Waals surface area contributed by atoms with Gasteiger partial charge in [0.1, 0.15) is 6.10 Å². The van der Waals surface area contributed by atoms with Crippen LogP contribution in [-0.2, 0) is 9.53 Å². The highest BCUT2D eigenvalue weighted by Gasteiger charge is 2.32. The Hall–Kier alpha value is -0.690. The number of piperidine rings is 1. The predicted octanol–water partition coefficient (Wildman–Crippen LogP) is -0.792. The summed E-state index contributed by atoms with van der Waals surface area (Å²) in [6.45, 7) is 3.09. The van der Waals surface area contributed by atoms with Crippen LogP contribution in [-0.4, -0.2) is 55.7 Å². The van der Waals surface area contributed by atoms with Gasteiger partial charge in [0.25, 0.3) is 5.91 Å². The van der Waals surface area contributed by atoms with E-state index in [1.807, 2.05) is 0 Å². The van der Waals surface area contributed by atoms with Crippen molar-refractivity contribution in [3.63, 3.8) is 0 Å². The molecule has 2 heterocycles. The maximum Gasteiger partial charge on any atom is 0.263 e. The van der Waals surface area contributed by atoms with Crippen molar-refractivity contribution in [3.8, 4) is 0 Å². The van der Waals surface area contributed by atoms with E-state index in [9.17, 15) is 4.79 Å². The van der Waals surface area contributed by atoms with Crippen LogP contribution in [0.15, 0.2) is 0 Å². The molecule has 6 nitrogen and oxygen atoms in total. The van der Waals surface area contributed by atoms with Gasteiger partial charge in [-0.05, 0) is 45.8 Å². The molecule has 0 radical (unpaired) electrons. The van der Waals surface area contributed by atoms with Crippen LogP contribution in [0.3, 0.4) is 0 Å². The highest BCUT2D eigenvalue weighted by molar-refractivity contribution is 5.80. The highest BCUT2D eigenvalue weighted by atomic mass is 16.5. The molecule has 0 aromatic carbocycles. The Morgan fingerprint density at radius 2 is 2.11 bits per heavy atom. The van der Waals surface area contributed by atoms with E-state index < -0.39 is 0 Å². The van der Waals surface area contributed by atoms with Gasteiger partial charge in [0.15, 0.2) is 0 Å². The van der Waals surface area contributed by atoms with E-state index >= 15 is 0 Å². The number of nitrogens with zero attached hydrogens (tertiary/aromatic N) is 1. The summed E-state index contributed by atoms with van der Waals surface area (Å²) in [6, 6.07) is 0.636. The summed E-state index contributed by atoms with van der Waals surface area (Å²) in [6.07, 6.45) is 3.89. The first-order valence-electron chi connectivity index (χ1n) is 6.77. The molecule has 0 aromatic rings. The number of nitrogens with two attached hydrogens (primary N) is 1. The van der Waals surface area contributed by atoms with E-state index in [0.29, 0.717) is 6.04 Å². The van der Waals surface area contributed by atoms with E-state index in [1.54, 1.807) is 0 Å². The van der Waals surface area contributed by atoms with Crippen molar-refractivity contribution < 1.29 is 9.53 Å². The molecule has 2 aliphatic heterocycles. The second-order valence-electron chi connectivity index (χ2n) is 5.25. The Morgan fingerprint density at radius 1 is 1.39 bits per heavy atom. The number of hydrazine groups is 1. The van der Waals surface area contributed by atoms with Crippen LogP contribution >= 0.6 is 0 Å². The third kappa shape index (κ3) is 3.41. The third-order valence-electron chi connectivity index (χ3n) is 3.97. The Morgan fingerprint density at radius 3 is 2.78 bits per heavy atom. The summed E-state index contributed by atoms with van der Waals surface area (Å²) in [4.78, 5) is 13.7. The van der Waals surface area contributed by atoms with Crippen LogP contribution in [0.2, 0.25) is 0 Å². The molecule has 0 saturated carbocycles. The van der Waals surface area contributed by atoms with Crippen molar-refractivity contribution in [2.45, 2.75) is 43.9 Å². The zero-order chi connectivity index (χ0) is 13.0. The molecule has 0 bridgehead atoms. The first-order chi connectivity index (χ1) is 8.70. The summed E-state index contributed by atoms with van der Waals surface area (Å²) in [7, 11) is 2.15. The first kappa shape index (κ1) is 13.7. The normalized spacial score (nSPS) is 29.7. The minimum absolute atomic E-state index is 0.159. The molecule has 0 spiro atoms. The van der Waals surface area contributed by atoms with Crippen molar-refractivity contribution in [1.82, 2.24) is 15.6 Å². The van der Waals surface area contributed by atoms with Gasteiger partial charge in [-0.2, -0.15) is 0 Å². The fraction of sp³-hybridized carbons (Fsp3) is 0.917. The van der Waals surface area contributed by atoms with E-state index in [0.717, 1.165) is 32.5 Å². The number of carbonyl (C=O) groups is 1. The molecule has 18 heavy (non-hydrogen) atoms. The van der Waals surface area contributed by atoms with Crippen LogP contribution in [0.1, 0.15) is 25.7 Å². The minimum Gasteiger partial charge on any atom is -0.364 e. The van der Waals surface area contributed by atoms with Crippen molar-refractivity contribution in [2.75, 3.05) is 26.7 Å². The average Bonchev–Trinajstić information content (AvgIpc) is 2.87. The smallest absolute Gasteiger partial charge is 0.263 e. The number of hydrogen-bond acceptors (Lipinski definition) is 5. The molecule has 2 fully saturated rings. The molecule has 2 atom stereocenters. The van der Waals surface area contributed by atoms with Crippen molar-refractivity contribution in [3.05, 3.63) is 0 Å². The lowest BCUT2D eigenvalue weighted by atomic mass is 10.0. The van der Waals surface area contributed by atoms with Gasteiger partial charge in [0, 0.05) is 12.6 Å². The predicted molar refractivity (Wildman–Crippen MR) is 68.7 cm³/mol. The second-order valence-corrected chi connectivity index (χ2v) is 5.25. The molecule has 0 aliphatic carbocycles. The Labute approximate surface area is 108 Å². The van der Waals surface area contributed by atoms with Gasteiger partial charge in [0.05, 0.1) is 6.10 Å². The van der Waals surface area contributed by atoms with Gasteiger partial charge in [-0.25, -0.2) is 5.84 Å². The number of hydrogen-bond donors (Lipinski definition) is 3. The van der Waals surface area contributed by atoms with Crippen molar-refractivity contribution in [2.24, 2.45) is 5.84 Å². The van der Waals surface area contributed by atoms with E-state index in [2.05, 4.69) is 22.7 Å². The fourth-order valence-corrected chi connectivity index (χ4v) is 2.84. The maximum absolute atomic E-state index is 11.4.